The zero-order valence-electron chi connectivity index (χ0n) is 12.6. The number of benzene rings is 2. The van der Waals surface area contributed by atoms with Crippen molar-refractivity contribution in [3.05, 3.63) is 59.7 Å². The fourth-order valence-electron chi connectivity index (χ4n) is 2.27. The lowest BCUT2D eigenvalue weighted by atomic mass is 9.84. The van der Waals surface area contributed by atoms with Crippen molar-refractivity contribution >= 4 is 0 Å². The van der Waals surface area contributed by atoms with Gasteiger partial charge in [-0.1, -0.05) is 57.2 Å². The molecule has 0 radical (unpaired) electrons. The highest BCUT2D eigenvalue weighted by Gasteiger charge is 2.17. The quantitative estimate of drug-likeness (QED) is 0.810. The summed E-state index contributed by atoms with van der Waals surface area (Å²) in [5.41, 5.74) is 2.64. The maximum atomic E-state index is 5.92. The van der Waals surface area contributed by atoms with Crippen LogP contribution in [-0.2, 0) is 12.0 Å². The molecule has 0 aliphatic rings. The fraction of sp³-hybridized carbons (Fsp3) is 0.333. The summed E-state index contributed by atoms with van der Waals surface area (Å²) in [6, 6.07) is 16.1. The van der Waals surface area contributed by atoms with Crippen LogP contribution in [0, 0.1) is 0 Å². The van der Waals surface area contributed by atoms with Crippen LogP contribution in [0.4, 0.5) is 0 Å². The summed E-state index contributed by atoms with van der Waals surface area (Å²) in [5.74, 6) is 1.54. The molecule has 0 bridgehead atoms. The van der Waals surface area contributed by atoms with Crippen LogP contribution >= 0.6 is 0 Å². The van der Waals surface area contributed by atoms with Crippen molar-refractivity contribution in [3.63, 3.8) is 0 Å². The minimum atomic E-state index is 0.112. The van der Waals surface area contributed by atoms with Crippen LogP contribution in [0.2, 0.25) is 0 Å². The van der Waals surface area contributed by atoms with Crippen LogP contribution in [0.1, 0.15) is 31.9 Å². The Hall–Kier alpha value is -1.96. The predicted molar refractivity (Wildman–Crippen MR) is 82.5 cm³/mol. The van der Waals surface area contributed by atoms with E-state index in [4.69, 9.17) is 9.47 Å². The summed E-state index contributed by atoms with van der Waals surface area (Å²) in [4.78, 5) is 0. The van der Waals surface area contributed by atoms with Gasteiger partial charge in [-0.05, 0) is 28.7 Å². The van der Waals surface area contributed by atoms with Gasteiger partial charge in [-0.25, -0.2) is 0 Å². The van der Waals surface area contributed by atoms with Gasteiger partial charge in [-0.3, -0.25) is 0 Å². The molecule has 0 unspecified atom stereocenters. The van der Waals surface area contributed by atoms with Crippen molar-refractivity contribution < 1.29 is 9.47 Å². The lowest BCUT2D eigenvalue weighted by Gasteiger charge is -2.23. The highest BCUT2D eigenvalue weighted by atomic mass is 16.5. The zero-order chi connectivity index (χ0) is 14.6. The van der Waals surface area contributed by atoms with Crippen molar-refractivity contribution in [2.24, 2.45) is 0 Å². The van der Waals surface area contributed by atoms with Crippen molar-refractivity contribution in [2.45, 2.75) is 32.8 Å². The van der Waals surface area contributed by atoms with E-state index in [-0.39, 0.29) is 5.41 Å². The number of para-hydroxylation sites is 2. The lowest BCUT2D eigenvalue weighted by molar-refractivity contribution is 0.282. The Morgan fingerprint density at radius 1 is 0.850 bits per heavy atom. The first kappa shape index (κ1) is 14.4. The van der Waals surface area contributed by atoms with E-state index < -0.39 is 0 Å². The monoisotopic (exact) mass is 270 g/mol. The van der Waals surface area contributed by atoms with Gasteiger partial charge in [0.15, 0.2) is 11.5 Å². The van der Waals surface area contributed by atoms with E-state index in [0.29, 0.717) is 6.61 Å². The first-order valence-corrected chi connectivity index (χ1v) is 6.86. The fourth-order valence-corrected chi connectivity index (χ4v) is 2.27. The van der Waals surface area contributed by atoms with E-state index in [2.05, 4.69) is 45.0 Å². The average Bonchev–Trinajstić information content (AvgIpc) is 2.44. The van der Waals surface area contributed by atoms with E-state index in [1.807, 2.05) is 24.3 Å². The number of hydrogen-bond donors (Lipinski definition) is 0. The van der Waals surface area contributed by atoms with Crippen molar-refractivity contribution in [3.8, 4) is 11.5 Å². The van der Waals surface area contributed by atoms with Gasteiger partial charge < -0.3 is 9.47 Å². The molecule has 2 rings (SSSR count). The normalized spacial score (nSPS) is 11.2. The van der Waals surface area contributed by atoms with Gasteiger partial charge in [0.2, 0.25) is 0 Å². The third-order valence-electron chi connectivity index (χ3n) is 3.28. The van der Waals surface area contributed by atoms with E-state index >= 15 is 0 Å². The third kappa shape index (κ3) is 3.32. The Bertz CT molecular complexity index is 568. The predicted octanol–water partition coefficient (Wildman–Crippen LogP) is 4.57. The molecule has 0 atom stereocenters. The molecule has 0 saturated heterocycles. The summed E-state index contributed by atoms with van der Waals surface area (Å²) in [6.07, 6.45) is 0. The van der Waals surface area contributed by atoms with Crippen molar-refractivity contribution in [1.82, 2.24) is 0 Å². The largest absolute Gasteiger partial charge is 0.493 e. The molecule has 2 aromatic carbocycles. The SMILES string of the molecule is COc1ccccc1OCc1ccccc1C(C)(C)C. The first-order valence-electron chi connectivity index (χ1n) is 6.86. The van der Waals surface area contributed by atoms with Gasteiger partial charge in [0.25, 0.3) is 0 Å². The van der Waals surface area contributed by atoms with Gasteiger partial charge >= 0.3 is 0 Å². The second kappa shape index (κ2) is 6.00. The number of ether oxygens (including phenoxy) is 2. The summed E-state index contributed by atoms with van der Waals surface area (Å²) >= 11 is 0. The molecule has 0 heterocycles. The van der Waals surface area contributed by atoms with Crippen LogP contribution in [-0.4, -0.2) is 7.11 Å². The molecule has 2 aromatic rings. The number of methoxy groups -OCH3 is 1. The lowest BCUT2D eigenvalue weighted by Crippen LogP contribution is -2.15. The molecule has 0 aliphatic carbocycles. The second-order valence-corrected chi connectivity index (χ2v) is 5.85. The van der Waals surface area contributed by atoms with E-state index in [1.54, 1.807) is 7.11 Å². The van der Waals surface area contributed by atoms with Gasteiger partial charge in [0, 0.05) is 0 Å². The van der Waals surface area contributed by atoms with E-state index in [0.717, 1.165) is 11.5 Å². The molecule has 0 aromatic heterocycles. The second-order valence-electron chi connectivity index (χ2n) is 5.85. The van der Waals surface area contributed by atoms with Gasteiger partial charge in [-0.15, -0.1) is 0 Å². The molecule has 2 heteroatoms. The summed E-state index contributed by atoms with van der Waals surface area (Å²) in [6.45, 7) is 7.20. The molecule has 0 spiro atoms. The standard InChI is InChI=1S/C18H22O2/c1-18(2,3)15-10-6-5-9-14(15)13-20-17-12-8-7-11-16(17)19-4/h5-12H,13H2,1-4H3. The highest BCUT2D eigenvalue weighted by Crippen LogP contribution is 2.29. The maximum Gasteiger partial charge on any atom is 0.161 e. The molecular formula is C18H22O2. The van der Waals surface area contributed by atoms with Crippen molar-refractivity contribution in [2.75, 3.05) is 7.11 Å². The minimum Gasteiger partial charge on any atom is -0.493 e. The molecule has 0 N–H and O–H groups in total. The van der Waals surface area contributed by atoms with Crippen LogP contribution < -0.4 is 9.47 Å². The van der Waals surface area contributed by atoms with Gasteiger partial charge in [-0.2, -0.15) is 0 Å². The number of hydrogen-bond acceptors (Lipinski definition) is 2. The average molecular weight is 270 g/mol. The number of rotatable bonds is 4. The topological polar surface area (TPSA) is 18.5 Å². The highest BCUT2D eigenvalue weighted by molar-refractivity contribution is 5.40. The smallest absolute Gasteiger partial charge is 0.161 e. The van der Waals surface area contributed by atoms with Crippen LogP contribution in [0.5, 0.6) is 11.5 Å². The Kier molecular flexibility index (Phi) is 4.33. The van der Waals surface area contributed by atoms with Crippen LogP contribution in [0.3, 0.4) is 0 Å². The zero-order valence-corrected chi connectivity index (χ0v) is 12.6. The Morgan fingerprint density at radius 2 is 1.45 bits per heavy atom. The minimum absolute atomic E-state index is 0.112. The van der Waals surface area contributed by atoms with Gasteiger partial charge in [0.1, 0.15) is 6.61 Å². The molecule has 20 heavy (non-hydrogen) atoms. The Balaban J connectivity index is 2.20. The summed E-state index contributed by atoms with van der Waals surface area (Å²) in [5, 5.41) is 0. The van der Waals surface area contributed by atoms with E-state index in [1.165, 1.54) is 11.1 Å². The molecule has 0 saturated carbocycles. The third-order valence-corrected chi connectivity index (χ3v) is 3.28. The summed E-state index contributed by atoms with van der Waals surface area (Å²) < 4.78 is 11.2. The molecular weight excluding hydrogens is 248 g/mol. The van der Waals surface area contributed by atoms with Crippen molar-refractivity contribution in [1.29, 1.82) is 0 Å². The molecule has 106 valence electrons. The van der Waals surface area contributed by atoms with E-state index in [9.17, 15) is 0 Å². The Morgan fingerprint density at radius 3 is 2.10 bits per heavy atom. The van der Waals surface area contributed by atoms with Crippen LogP contribution in [0.25, 0.3) is 0 Å². The van der Waals surface area contributed by atoms with Gasteiger partial charge in [0.05, 0.1) is 7.11 Å². The Labute approximate surface area is 121 Å². The molecule has 2 nitrogen and oxygen atoms in total. The molecule has 0 fully saturated rings. The summed E-state index contributed by atoms with van der Waals surface area (Å²) in [7, 11) is 1.66. The maximum absolute atomic E-state index is 5.92. The molecule has 0 amide bonds. The first-order chi connectivity index (χ1) is 9.52. The van der Waals surface area contributed by atoms with Crippen LogP contribution in [0.15, 0.2) is 48.5 Å². The molecule has 0 aliphatic heterocycles.